The van der Waals surface area contributed by atoms with Crippen molar-refractivity contribution in [3.05, 3.63) is 98.4 Å². The Hall–Kier alpha value is -3.16. The van der Waals surface area contributed by atoms with E-state index < -0.39 is 11.8 Å². The summed E-state index contributed by atoms with van der Waals surface area (Å²) in [7, 11) is 0. The summed E-state index contributed by atoms with van der Waals surface area (Å²) >= 11 is 10.0. The molecule has 3 aromatic carbocycles. The zero-order valence-corrected chi connectivity index (χ0v) is 19.8. The first kappa shape index (κ1) is 23.0. The minimum Gasteiger partial charge on any atom is -0.490 e. The van der Waals surface area contributed by atoms with Crippen LogP contribution in [0.4, 0.5) is 4.39 Å². The van der Waals surface area contributed by atoms with Crippen molar-refractivity contribution in [3.8, 4) is 11.5 Å². The molecule has 0 atom stereocenters. The monoisotopic (exact) mass is 529 g/mol. The van der Waals surface area contributed by atoms with E-state index in [9.17, 15) is 9.18 Å². The molecule has 0 bridgehead atoms. The van der Waals surface area contributed by atoms with Crippen molar-refractivity contribution in [2.45, 2.75) is 13.5 Å². The highest BCUT2D eigenvalue weighted by Crippen LogP contribution is 2.38. The Labute approximate surface area is 203 Å². The van der Waals surface area contributed by atoms with Crippen LogP contribution in [0.2, 0.25) is 5.02 Å². The second-order valence-corrected chi connectivity index (χ2v) is 8.25. The van der Waals surface area contributed by atoms with E-state index in [1.54, 1.807) is 18.2 Å². The van der Waals surface area contributed by atoms with Crippen LogP contribution in [0.25, 0.3) is 6.08 Å². The first-order valence-corrected chi connectivity index (χ1v) is 11.2. The molecule has 0 radical (unpaired) electrons. The molecular formula is C25H18BrClFNO4. The lowest BCUT2D eigenvalue weighted by Crippen LogP contribution is -2.05. The van der Waals surface area contributed by atoms with E-state index in [0.717, 1.165) is 10.0 Å². The molecule has 0 N–H and O–H groups in total. The zero-order chi connectivity index (χ0) is 23.4. The summed E-state index contributed by atoms with van der Waals surface area (Å²) in [4.78, 5) is 16.5. The van der Waals surface area contributed by atoms with Crippen molar-refractivity contribution < 1.29 is 23.4 Å². The molecule has 3 aromatic rings. The van der Waals surface area contributed by atoms with Gasteiger partial charge >= 0.3 is 5.97 Å². The van der Waals surface area contributed by atoms with Crippen molar-refractivity contribution >= 4 is 45.5 Å². The number of ether oxygens (including phenoxy) is 3. The van der Waals surface area contributed by atoms with Crippen molar-refractivity contribution in [3.63, 3.8) is 0 Å². The summed E-state index contributed by atoms with van der Waals surface area (Å²) in [6.07, 6.45) is 1.53. The molecule has 0 amide bonds. The highest BCUT2D eigenvalue weighted by molar-refractivity contribution is 9.10. The second kappa shape index (κ2) is 10.2. The van der Waals surface area contributed by atoms with Crippen LogP contribution in [0.5, 0.6) is 11.5 Å². The van der Waals surface area contributed by atoms with Crippen molar-refractivity contribution in [2.24, 2.45) is 4.99 Å². The number of carbonyl (C=O) groups is 1. The van der Waals surface area contributed by atoms with Crippen LogP contribution in [0.15, 0.2) is 75.8 Å². The van der Waals surface area contributed by atoms with Crippen LogP contribution in [0.1, 0.15) is 23.6 Å². The fourth-order valence-electron chi connectivity index (χ4n) is 3.15. The number of hydrogen-bond donors (Lipinski definition) is 0. The number of cyclic esters (lactones) is 1. The van der Waals surface area contributed by atoms with Gasteiger partial charge in [0, 0.05) is 15.6 Å². The van der Waals surface area contributed by atoms with Gasteiger partial charge in [-0.1, -0.05) is 51.8 Å². The molecule has 0 saturated carbocycles. The zero-order valence-electron chi connectivity index (χ0n) is 17.5. The van der Waals surface area contributed by atoms with Gasteiger partial charge < -0.3 is 14.2 Å². The Kier molecular flexibility index (Phi) is 7.11. The number of aliphatic imine (C=N–C) groups is 1. The third kappa shape index (κ3) is 5.43. The number of benzene rings is 3. The summed E-state index contributed by atoms with van der Waals surface area (Å²) in [5.74, 6) is -0.221. The molecule has 0 fully saturated rings. The van der Waals surface area contributed by atoms with Gasteiger partial charge in [-0.05, 0) is 55.0 Å². The lowest BCUT2D eigenvalue weighted by atomic mass is 10.1. The van der Waals surface area contributed by atoms with Gasteiger partial charge in [0.15, 0.2) is 17.2 Å². The topological polar surface area (TPSA) is 57.1 Å². The van der Waals surface area contributed by atoms with Crippen molar-refractivity contribution in [1.29, 1.82) is 0 Å². The maximum atomic E-state index is 13.5. The highest BCUT2D eigenvalue weighted by atomic mass is 79.9. The van der Waals surface area contributed by atoms with Crippen LogP contribution in [0, 0.1) is 5.82 Å². The highest BCUT2D eigenvalue weighted by Gasteiger charge is 2.25. The number of nitrogens with zero attached hydrogens (tertiary/aromatic N) is 1. The summed E-state index contributed by atoms with van der Waals surface area (Å²) in [6.45, 7) is 2.53. The third-order valence-electron chi connectivity index (χ3n) is 4.66. The molecule has 0 aromatic heterocycles. The van der Waals surface area contributed by atoms with E-state index >= 15 is 0 Å². The van der Waals surface area contributed by atoms with Gasteiger partial charge in [-0.3, -0.25) is 0 Å². The number of carbonyl (C=O) groups excluding carboxylic acids is 1. The molecule has 0 spiro atoms. The van der Waals surface area contributed by atoms with Crippen LogP contribution in [0.3, 0.4) is 0 Å². The average Bonchev–Trinajstić information content (AvgIpc) is 3.15. The Morgan fingerprint density at radius 1 is 1.12 bits per heavy atom. The number of halogens is 3. The molecule has 33 heavy (non-hydrogen) atoms. The molecule has 1 aliphatic heterocycles. The Morgan fingerprint density at radius 3 is 2.70 bits per heavy atom. The maximum Gasteiger partial charge on any atom is 0.363 e. The molecule has 0 unspecified atom stereocenters. The SMILES string of the molecule is CCOc1cc(C=C2N=C(c3cccc(F)c3)OC2=O)cc(Cl)c1OCc1ccccc1Br. The third-order valence-corrected chi connectivity index (χ3v) is 5.71. The van der Waals surface area contributed by atoms with E-state index in [1.165, 1.54) is 24.3 Å². The Bertz CT molecular complexity index is 1280. The first-order valence-electron chi connectivity index (χ1n) is 10.1. The van der Waals surface area contributed by atoms with Crippen molar-refractivity contribution in [1.82, 2.24) is 0 Å². The van der Waals surface area contributed by atoms with Gasteiger partial charge in [-0.2, -0.15) is 0 Å². The smallest absolute Gasteiger partial charge is 0.363 e. The average molecular weight is 531 g/mol. The molecule has 0 saturated heterocycles. The van der Waals surface area contributed by atoms with E-state index in [4.69, 9.17) is 25.8 Å². The fraction of sp³-hybridized carbons (Fsp3) is 0.120. The lowest BCUT2D eigenvalue weighted by Gasteiger charge is -2.15. The maximum absolute atomic E-state index is 13.5. The van der Waals surface area contributed by atoms with Crippen LogP contribution in [-0.4, -0.2) is 18.5 Å². The molecule has 168 valence electrons. The van der Waals surface area contributed by atoms with Crippen LogP contribution < -0.4 is 9.47 Å². The minimum atomic E-state index is -0.641. The van der Waals surface area contributed by atoms with Gasteiger partial charge in [-0.15, -0.1) is 0 Å². The van der Waals surface area contributed by atoms with Gasteiger partial charge in [-0.25, -0.2) is 14.2 Å². The summed E-state index contributed by atoms with van der Waals surface area (Å²) in [5, 5.41) is 0.320. The quantitative estimate of drug-likeness (QED) is 0.256. The summed E-state index contributed by atoms with van der Waals surface area (Å²) in [5.41, 5.74) is 1.97. The van der Waals surface area contributed by atoms with E-state index in [2.05, 4.69) is 20.9 Å². The largest absolute Gasteiger partial charge is 0.490 e. The van der Waals surface area contributed by atoms with E-state index in [-0.39, 0.29) is 18.2 Å². The summed E-state index contributed by atoms with van der Waals surface area (Å²) in [6, 6.07) is 16.7. The van der Waals surface area contributed by atoms with Crippen LogP contribution in [-0.2, 0) is 16.1 Å². The minimum absolute atomic E-state index is 0.0373. The molecule has 0 aliphatic carbocycles. The molecule has 1 heterocycles. The second-order valence-electron chi connectivity index (χ2n) is 6.99. The molecule has 8 heteroatoms. The van der Waals surface area contributed by atoms with Gasteiger partial charge in [0.2, 0.25) is 5.90 Å². The lowest BCUT2D eigenvalue weighted by molar-refractivity contribution is -0.129. The Morgan fingerprint density at radius 2 is 1.94 bits per heavy atom. The Balaban J connectivity index is 1.62. The molecule has 5 nitrogen and oxygen atoms in total. The molecule has 4 rings (SSSR count). The predicted octanol–water partition coefficient (Wildman–Crippen LogP) is 6.56. The van der Waals surface area contributed by atoms with Crippen molar-refractivity contribution in [2.75, 3.05) is 6.61 Å². The summed E-state index contributed by atoms with van der Waals surface area (Å²) < 4.78 is 31.3. The first-order chi connectivity index (χ1) is 15.9. The molecular weight excluding hydrogens is 513 g/mol. The number of rotatable bonds is 7. The number of esters is 1. The van der Waals surface area contributed by atoms with E-state index in [0.29, 0.717) is 34.3 Å². The standard InChI is InChI=1S/C25H18BrClFNO4/c1-2-31-22-12-15(10-20(27)23(22)32-14-17-6-3-4-9-19(17)26)11-21-25(30)33-24(29-21)16-7-5-8-18(28)13-16/h3-13H,2,14H2,1H3. The predicted molar refractivity (Wildman–Crippen MR) is 128 cm³/mol. The van der Waals surface area contributed by atoms with Crippen LogP contribution >= 0.6 is 27.5 Å². The van der Waals surface area contributed by atoms with Gasteiger partial charge in [0.25, 0.3) is 0 Å². The normalized spacial score (nSPS) is 14.2. The van der Waals surface area contributed by atoms with Gasteiger partial charge in [0.1, 0.15) is 12.4 Å². The number of hydrogen-bond acceptors (Lipinski definition) is 5. The fourth-order valence-corrected chi connectivity index (χ4v) is 3.82. The van der Waals surface area contributed by atoms with Gasteiger partial charge in [0.05, 0.1) is 11.6 Å². The van der Waals surface area contributed by atoms with E-state index in [1.807, 2.05) is 31.2 Å². The molecule has 1 aliphatic rings.